The summed E-state index contributed by atoms with van der Waals surface area (Å²) < 4.78 is 62.7. The van der Waals surface area contributed by atoms with Gasteiger partial charge in [-0.15, -0.1) is 0 Å². The third kappa shape index (κ3) is 3.94. The Balaban J connectivity index is 3.22. The summed E-state index contributed by atoms with van der Waals surface area (Å²) in [7, 11) is -4.07. The zero-order valence-corrected chi connectivity index (χ0v) is 11.2. The maximum Gasteiger partial charge on any atom is 0.416 e. The quantitative estimate of drug-likeness (QED) is 0.871. The number of hydrogen-bond donors (Lipinski definition) is 2. The van der Waals surface area contributed by atoms with E-state index < -0.39 is 33.3 Å². The molecule has 0 aliphatic heterocycles. The molecule has 0 atom stereocenters. The molecule has 0 unspecified atom stereocenters. The minimum atomic E-state index is -4.63. The average Bonchev–Trinajstić information content (AvgIpc) is 2.24. The lowest BCUT2D eigenvalue weighted by Crippen LogP contribution is -2.27. The van der Waals surface area contributed by atoms with Gasteiger partial charge in [-0.1, -0.05) is 15.9 Å². The second-order valence-electron chi connectivity index (χ2n) is 3.29. The number of benzene rings is 1. The molecule has 9 heteroatoms. The van der Waals surface area contributed by atoms with Crippen LogP contribution in [-0.4, -0.2) is 26.7 Å². The van der Waals surface area contributed by atoms with Gasteiger partial charge in [0.25, 0.3) is 0 Å². The SMILES string of the molecule is O=S(=O)(NCCO)c1cc(Br)cc(C(F)(F)F)c1. The van der Waals surface area contributed by atoms with Crippen molar-refractivity contribution in [3.05, 3.63) is 28.2 Å². The Morgan fingerprint density at radius 3 is 2.39 bits per heavy atom. The molecule has 0 aliphatic carbocycles. The molecule has 0 saturated carbocycles. The van der Waals surface area contributed by atoms with Crippen molar-refractivity contribution in [1.82, 2.24) is 4.72 Å². The highest BCUT2D eigenvalue weighted by atomic mass is 79.9. The summed E-state index contributed by atoms with van der Waals surface area (Å²) in [6, 6.07) is 2.37. The van der Waals surface area contributed by atoms with Gasteiger partial charge in [0.15, 0.2) is 0 Å². The molecule has 0 fully saturated rings. The van der Waals surface area contributed by atoms with Crippen LogP contribution in [0, 0.1) is 0 Å². The lowest BCUT2D eigenvalue weighted by atomic mass is 10.2. The van der Waals surface area contributed by atoms with Crippen molar-refractivity contribution < 1.29 is 26.7 Å². The molecule has 4 nitrogen and oxygen atoms in total. The molecule has 0 heterocycles. The van der Waals surface area contributed by atoms with E-state index >= 15 is 0 Å². The van der Waals surface area contributed by atoms with Crippen LogP contribution in [0.25, 0.3) is 0 Å². The minimum absolute atomic E-state index is 0.00157. The first-order valence-electron chi connectivity index (χ1n) is 4.65. The number of aliphatic hydroxyl groups excluding tert-OH is 1. The molecule has 1 rings (SSSR count). The minimum Gasteiger partial charge on any atom is -0.395 e. The van der Waals surface area contributed by atoms with E-state index in [9.17, 15) is 21.6 Å². The summed E-state index contributed by atoms with van der Waals surface area (Å²) in [6.07, 6.45) is -4.63. The third-order valence-electron chi connectivity index (χ3n) is 1.91. The predicted molar refractivity (Wildman–Crippen MR) is 61.4 cm³/mol. The highest BCUT2D eigenvalue weighted by Gasteiger charge is 2.32. The van der Waals surface area contributed by atoms with Crippen LogP contribution in [0.5, 0.6) is 0 Å². The van der Waals surface area contributed by atoms with Gasteiger partial charge in [-0.3, -0.25) is 0 Å². The fraction of sp³-hybridized carbons (Fsp3) is 0.333. The number of nitrogens with one attached hydrogen (secondary N) is 1. The molecule has 102 valence electrons. The molecule has 0 spiro atoms. The summed E-state index contributed by atoms with van der Waals surface area (Å²) in [5.74, 6) is 0. The van der Waals surface area contributed by atoms with E-state index in [1.54, 1.807) is 0 Å². The maximum absolute atomic E-state index is 12.5. The Kier molecular flexibility index (Phi) is 4.76. The van der Waals surface area contributed by atoms with Crippen LogP contribution in [0.3, 0.4) is 0 Å². The van der Waals surface area contributed by atoms with E-state index in [1.165, 1.54) is 0 Å². The largest absolute Gasteiger partial charge is 0.416 e. The summed E-state index contributed by atoms with van der Waals surface area (Å²) >= 11 is 2.82. The van der Waals surface area contributed by atoms with E-state index in [-0.39, 0.29) is 11.0 Å². The van der Waals surface area contributed by atoms with Gasteiger partial charge in [-0.2, -0.15) is 13.2 Å². The lowest BCUT2D eigenvalue weighted by molar-refractivity contribution is -0.137. The second-order valence-corrected chi connectivity index (χ2v) is 5.98. The summed E-state index contributed by atoms with van der Waals surface area (Å²) in [5, 5.41) is 8.50. The first-order chi connectivity index (χ1) is 8.16. The zero-order chi connectivity index (χ0) is 14.0. The summed E-state index contributed by atoms with van der Waals surface area (Å²) in [5.41, 5.74) is -1.07. The first kappa shape index (κ1) is 15.4. The number of alkyl halides is 3. The number of sulfonamides is 1. The molecule has 1 aromatic carbocycles. The Bertz CT molecular complexity index is 530. The number of hydrogen-bond acceptors (Lipinski definition) is 3. The van der Waals surface area contributed by atoms with Crippen LogP contribution in [-0.2, 0) is 16.2 Å². The van der Waals surface area contributed by atoms with Gasteiger partial charge < -0.3 is 5.11 Å². The van der Waals surface area contributed by atoms with E-state index in [1.807, 2.05) is 4.72 Å². The van der Waals surface area contributed by atoms with Gasteiger partial charge in [0.05, 0.1) is 17.1 Å². The van der Waals surface area contributed by atoms with Crippen LogP contribution in [0.4, 0.5) is 13.2 Å². The van der Waals surface area contributed by atoms with Gasteiger partial charge in [-0.25, -0.2) is 13.1 Å². The zero-order valence-electron chi connectivity index (χ0n) is 8.83. The van der Waals surface area contributed by atoms with Crippen molar-refractivity contribution in [2.24, 2.45) is 0 Å². The Labute approximate surface area is 110 Å². The molecular weight excluding hydrogens is 339 g/mol. The van der Waals surface area contributed by atoms with Gasteiger partial charge in [0.2, 0.25) is 10.0 Å². The van der Waals surface area contributed by atoms with Crippen LogP contribution >= 0.6 is 15.9 Å². The van der Waals surface area contributed by atoms with Crippen LogP contribution < -0.4 is 4.72 Å². The van der Waals surface area contributed by atoms with E-state index in [0.717, 1.165) is 12.1 Å². The Morgan fingerprint density at radius 1 is 1.28 bits per heavy atom. The fourth-order valence-corrected chi connectivity index (χ4v) is 2.88. The molecule has 2 N–H and O–H groups in total. The monoisotopic (exact) mass is 347 g/mol. The standard InChI is InChI=1S/C9H9BrF3NO3S/c10-7-3-6(9(11,12)13)4-8(5-7)18(16,17)14-1-2-15/h3-5,14-15H,1-2H2. The van der Waals surface area contributed by atoms with Gasteiger partial charge >= 0.3 is 6.18 Å². The van der Waals surface area contributed by atoms with Crippen molar-refractivity contribution in [2.45, 2.75) is 11.1 Å². The average molecular weight is 348 g/mol. The Morgan fingerprint density at radius 2 is 1.89 bits per heavy atom. The first-order valence-corrected chi connectivity index (χ1v) is 6.93. The Hall–Kier alpha value is -0.640. The lowest BCUT2D eigenvalue weighted by Gasteiger charge is -2.11. The third-order valence-corrected chi connectivity index (χ3v) is 3.81. The smallest absolute Gasteiger partial charge is 0.395 e. The van der Waals surface area contributed by atoms with Crippen molar-refractivity contribution in [1.29, 1.82) is 0 Å². The number of rotatable bonds is 4. The molecule has 1 aromatic rings. The topological polar surface area (TPSA) is 66.4 Å². The van der Waals surface area contributed by atoms with Gasteiger partial charge in [-0.05, 0) is 18.2 Å². The van der Waals surface area contributed by atoms with Gasteiger partial charge in [0.1, 0.15) is 0 Å². The molecule has 18 heavy (non-hydrogen) atoms. The number of halogens is 4. The van der Waals surface area contributed by atoms with Crippen LogP contribution in [0.2, 0.25) is 0 Å². The van der Waals surface area contributed by atoms with Crippen molar-refractivity contribution in [3.63, 3.8) is 0 Å². The van der Waals surface area contributed by atoms with E-state index in [4.69, 9.17) is 5.11 Å². The molecule has 0 radical (unpaired) electrons. The molecule has 0 aromatic heterocycles. The van der Waals surface area contributed by atoms with E-state index in [2.05, 4.69) is 15.9 Å². The molecule has 0 bridgehead atoms. The highest BCUT2D eigenvalue weighted by molar-refractivity contribution is 9.10. The second kappa shape index (κ2) is 5.55. The van der Waals surface area contributed by atoms with Gasteiger partial charge in [0, 0.05) is 11.0 Å². The van der Waals surface area contributed by atoms with Crippen molar-refractivity contribution in [2.75, 3.05) is 13.2 Å². The molecule has 0 amide bonds. The predicted octanol–water partition coefficient (Wildman–Crippen LogP) is 1.74. The summed E-state index contributed by atoms with van der Waals surface area (Å²) in [6.45, 7) is -0.713. The van der Waals surface area contributed by atoms with Crippen molar-refractivity contribution in [3.8, 4) is 0 Å². The number of aliphatic hydroxyl groups is 1. The van der Waals surface area contributed by atoms with E-state index in [0.29, 0.717) is 6.07 Å². The highest BCUT2D eigenvalue weighted by Crippen LogP contribution is 2.32. The van der Waals surface area contributed by atoms with Crippen LogP contribution in [0.1, 0.15) is 5.56 Å². The summed E-state index contributed by atoms with van der Waals surface area (Å²) in [4.78, 5) is -0.516. The van der Waals surface area contributed by atoms with Crippen molar-refractivity contribution >= 4 is 26.0 Å². The molecular formula is C9H9BrF3NO3S. The van der Waals surface area contributed by atoms with Crippen LogP contribution in [0.15, 0.2) is 27.6 Å². The normalized spacial score (nSPS) is 12.7. The fourth-order valence-electron chi connectivity index (χ4n) is 1.14. The molecule has 0 saturated heterocycles. The molecule has 0 aliphatic rings. The maximum atomic E-state index is 12.5.